The van der Waals surface area contributed by atoms with E-state index in [1.807, 2.05) is 0 Å². The molecule has 1 aliphatic rings. The van der Waals surface area contributed by atoms with E-state index in [1.54, 1.807) is 0 Å². The fourth-order valence-electron chi connectivity index (χ4n) is 3.26. The van der Waals surface area contributed by atoms with Crippen molar-refractivity contribution in [2.24, 2.45) is 0 Å². The molecule has 0 bridgehead atoms. The first kappa shape index (κ1) is 19.6. The number of nitrogens with one attached hydrogen (secondary N) is 1. The van der Waals surface area contributed by atoms with E-state index >= 15 is 0 Å². The van der Waals surface area contributed by atoms with E-state index in [2.05, 4.69) is 17.1 Å². The van der Waals surface area contributed by atoms with Gasteiger partial charge in [0, 0.05) is 39.2 Å². The second-order valence-corrected chi connectivity index (χ2v) is 6.51. The summed E-state index contributed by atoms with van der Waals surface area (Å²) in [5, 5.41) is 12.6. The molecule has 0 spiro atoms. The van der Waals surface area contributed by atoms with Gasteiger partial charge in [-0.2, -0.15) is 0 Å². The van der Waals surface area contributed by atoms with Crippen molar-refractivity contribution in [1.82, 2.24) is 10.2 Å². The smallest absolute Gasteiger partial charge is 0.150 e. The maximum absolute atomic E-state index is 12.4. The van der Waals surface area contributed by atoms with Crippen molar-refractivity contribution < 1.29 is 9.90 Å². The molecule has 1 saturated heterocycles. The molecule has 2 N–H and O–H groups in total. The summed E-state index contributed by atoms with van der Waals surface area (Å²) >= 11 is 0. The Morgan fingerprint density at radius 1 is 1.05 bits per heavy atom. The Morgan fingerprint density at radius 3 is 2.23 bits per heavy atom. The fourth-order valence-corrected chi connectivity index (χ4v) is 3.26. The van der Waals surface area contributed by atoms with Crippen molar-refractivity contribution in [1.29, 1.82) is 0 Å². The summed E-state index contributed by atoms with van der Waals surface area (Å²) in [5.74, 6) is 0.335. The van der Waals surface area contributed by atoms with Crippen LogP contribution < -0.4 is 5.32 Å². The number of piperazine rings is 1. The van der Waals surface area contributed by atoms with Gasteiger partial charge >= 0.3 is 0 Å². The van der Waals surface area contributed by atoms with E-state index in [-0.39, 0.29) is 12.6 Å². The average molecular weight is 312 g/mol. The normalized spacial score (nSPS) is 17.5. The topological polar surface area (TPSA) is 52.6 Å². The van der Waals surface area contributed by atoms with Gasteiger partial charge in [0.2, 0.25) is 0 Å². The summed E-state index contributed by atoms with van der Waals surface area (Å²) in [6.45, 7) is 6.10. The van der Waals surface area contributed by atoms with Crippen molar-refractivity contribution in [3.63, 3.8) is 0 Å². The van der Waals surface area contributed by atoms with Gasteiger partial charge in [-0.15, -0.1) is 0 Å². The lowest BCUT2D eigenvalue weighted by molar-refractivity contribution is -0.125. The summed E-state index contributed by atoms with van der Waals surface area (Å²) < 4.78 is 0. The number of carbonyl (C=O) groups excluding carboxylic acids is 1. The average Bonchev–Trinajstić information content (AvgIpc) is 2.55. The minimum atomic E-state index is -0.0587. The Kier molecular flexibility index (Phi) is 11.6. The molecule has 0 amide bonds. The summed E-state index contributed by atoms with van der Waals surface area (Å²) in [5.41, 5.74) is 0. The Bertz CT molecular complexity index is 278. The standard InChI is InChI=1S/C18H36N2O2/c1-2-3-4-5-6-7-8-9-10-18(22)17(11-16-21)20-14-12-19-13-15-20/h17,19,21H,2-16H2,1H3. The number of aliphatic hydroxyl groups is 1. The molecule has 1 rings (SSSR count). The van der Waals surface area contributed by atoms with Crippen LogP contribution in [0.15, 0.2) is 0 Å². The summed E-state index contributed by atoms with van der Waals surface area (Å²) in [4.78, 5) is 14.7. The Hall–Kier alpha value is -0.450. The van der Waals surface area contributed by atoms with E-state index < -0.39 is 0 Å². The predicted octanol–water partition coefficient (Wildman–Crippen LogP) is 2.74. The molecule has 0 aromatic heterocycles. The zero-order valence-corrected chi connectivity index (χ0v) is 14.5. The van der Waals surface area contributed by atoms with Gasteiger partial charge in [0.05, 0.1) is 6.04 Å². The number of aliphatic hydroxyl groups excluding tert-OH is 1. The molecular weight excluding hydrogens is 276 g/mol. The maximum Gasteiger partial charge on any atom is 0.150 e. The highest BCUT2D eigenvalue weighted by Gasteiger charge is 2.25. The van der Waals surface area contributed by atoms with E-state index in [0.717, 1.165) is 32.6 Å². The van der Waals surface area contributed by atoms with Crippen molar-refractivity contribution in [2.75, 3.05) is 32.8 Å². The van der Waals surface area contributed by atoms with Gasteiger partial charge in [-0.3, -0.25) is 9.69 Å². The maximum atomic E-state index is 12.4. The highest BCUT2D eigenvalue weighted by atomic mass is 16.3. The van der Waals surface area contributed by atoms with Crippen LogP contribution in [-0.2, 0) is 4.79 Å². The van der Waals surface area contributed by atoms with Crippen LogP contribution >= 0.6 is 0 Å². The molecule has 4 heteroatoms. The lowest BCUT2D eigenvalue weighted by Gasteiger charge is -2.33. The number of carbonyl (C=O) groups is 1. The monoisotopic (exact) mass is 312 g/mol. The predicted molar refractivity (Wildman–Crippen MR) is 92.2 cm³/mol. The molecule has 1 heterocycles. The van der Waals surface area contributed by atoms with Gasteiger partial charge in [0.15, 0.2) is 0 Å². The highest BCUT2D eigenvalue weighted by molar-refractivity contribution is 5.84. The van der Waals surface area contributed by atoms with Gasteiger partial charge in [-0.1, -0.05) is 51.9 Å². The zero-order valence-electron chi connectivity index (χ0n) is 14.5. The largest absolute Gasteiger partial charge is 0.396 e. The Morgan fingerprint density at radius 2 is 1.64 bits per heavy atom. The lowest BCUT2D eigenvalue weighted by atomic mass is 10.00. The van der Waals surface area contributed by atoms with Crippen molar-refractivity contribution in [2.45, 2.75) is 77.2 Å². The second-order valence-electron chi connectivity index (χ2n) is 6.51. The first-order valence-corrected chi connectivity index (χ1v) is 9.38. The molecule has 1 fully saturated rings. The number of hydrogen-bond acceptors (Lipinski definition) is 4. The summed E-state index contributed by atoms with van der Waals surface area (Å²) in [6.07, 6.45) is 11.4. The van der Waals surface area contributed by atoms with Crippen LogP contribution in [0.4, 0.5) is 0 Å². The molecule has 0 aliphatic carbocycles. The van der Waals surface area contributed by atoms with Crippen LogP contribution in [0.1, 0.15) is 71.1 Å². The first-order valence-electron chi connectivity index (χ1n) is 9.38. The Balaban J connectivity index is 2.14. The number of nitrogens with zero attached hydrogens (tertiary/aromatic N) is 1. The third-order valence-electron chi connectivity index (χ3n) is 4.64. The quantitative estimate of drug-likeness (QED) is 0.514. The highest BCUT2D eigenvalue weighted by Crippen LogP contribution is 2.14. The third-order valence-corrected chi connectivity index (χ3v) is 4.64. The van der Waals surface area contributed by atoms with Gasteiger partial charge in [-0.25, -0.2) is 0 Å². The molecule has 4 nitrogen and oxygen atoms in total. The Labute approximate surface area is 136 Å². The van der Waals surface area contributed by atoms with E-state index in [9.17, 15) is 9.90 Å². The molecule has 1 unspecified atom stereocenters. The van der Waals surface area contributed by atoms with Crippen LogP contribution in [0.25, 0.3) is 0 Å². The van der Waals surface area contributed by atoms with E-state index in [4.69, 9.17) is 0 Å². The van der Waals surface area contributed by atoms with Crippen LogP contribution in [0.2, 0.25) is 0 Å². The molecular formula is C18H36N2O2. The SMILES string of the molecule is CCCCCCCCCCC(=O)C(CCO)N1CCNCC1. The first-order chi connectivity index (χ1) is 10.8. The van der Waals surface area contributed by atoms with Crippen LogP contribution in [-0.4, -0.2) is 54.6 Å². The third kappa shape index (κ3) is 8.25. The molecule has 0 aromatic carbocycles. The van der Waals surface area contributed by atoms with Gasteiger partial charge in [0.25, 0.3) is 0 Å². The number of rotatable bonds is 13. The van der Waals surface area contributed by atoms with Crippen LogP contribution in [0.5, 0.6) is 0 Å². The molecule has 0 radical (unpaired) electrons. The van der Waals surface area contributed by atoms with E-state index in [1.165, 1.54) is 44.9 Å². The van der Waals surface area contributed by atoms with Gasteiger partial charge in [0.1, 0.15) is 5.78 Å². The molecule has 1 aliphatic heterocycles. The minimum Gasteiger partial charge on any atom is -0.396 e. The summed E-state index contributed by atoms with van der Waals surface area (Å²) in [6, 6.07) is -0.0587. The van der Waals surface area contributed by atoms with Crippen LogP contribution in [0, 0.1) is 0 Å². The molecule has 0 aromatic rings. The number of ketones is 1. The van der Waals surface area contributed by atoms with Crippen molar-refractivity contribution in [3.8, 4) is 0 Å². The molecule has 1 atom stereocenters. The minimum absolute atomic E-state index is 0.0587. The number of Topliss-reactive ketones (excluding diaryl/α,β-unsaturated/α-hetero) is 1. The number of unbranched alkanes of at least 4 members (excludes halogenated alkanes) is 7. The van der Waals surface area contributed by atoms with Crippen LogP contribution in [0.3, 0.4) is 0 Å². The second kappa shape index (κ2) is 13.0. The molecule has 0 saturated carbocycles. The summed E-state index contributed by atoms with van der Waals surface area (Å²) in [7, 11) is 0. The number of hydrogen-bond donors (Lipinski definition) is 2. The van der Waals surface area contributed by atoms with Crippen molar-refractivity contribution in [3.05, 3.63) is 0 Å². The van der Waals surface area contributed by atoms with Gasteiger partial charge in [-0.05, 0) is 12.8 Å². The van der Waals surface area contributed by atoms with E-state index in [0.29, 0.717) is 18.6 Å². The zero-order chi connectivity index (χ0) is 16.0. The molecule has 22 heavy (non-hydrogen) atoms. The fraction of sp³-hybridized carbons (Fsp3) is 0.944. The lowest BCUT2D eigenvalue weighted by Crippen LogP contribution is -2.51. The van der Waals surface area contributed by atoms with Gasteiger partial charge < -0.3 is 10.4 Å². The van der Waals surface area contributed by atoms with Crippen molar-refractivity contribution >= 4 is 5.78 Å². The molecule has 130 valence electrons.